The molecule has 2 atom stereocenters. The summed E-state index contributed by atoms with van der Waals surface area (Å²) in [4.78, 5) is 14.6. The van der Waals surface area contributed by atoms with Gasteiger partial charge in [0.2, 0.25) is 0 Å². The number of fused-ring (bicyclic) bond motifs is 1. The highest BCUT2D eigenvalue weighted by molar-refractivity contribution is 5.80. The Balaban J connectivity index is 1.57. The fourth-order valence-electron chi connectivity index (χ4n) is 4.34. The number of morpholine rings is 1. The number of ether oxygens (including phenoxy) is 1. The Morgan fingerprint density at radius 3 is 2.57 bits per heavy atom. The largest absolute Gasteiger partial charge is 0.423 e. The highest BCUT2D eigenvalue weighted by Crippen LogP contribution is 2.26. The van der Waals surface area contributed by atoms with Crippen LogP contribution >= 0.6 is 0 Å². The molecule has 1 N–H and O–H groups in total. The zero-order chi connectivity index (χ0) is 20.9. The lowest BCUT2D eigenvalue weighted by Crippen LogP contribution is -2.46. The molecule has 0 unspecified atom stereocenters. The lowest BCUT2D eigenvalue weighted by Gasteiger charge is -2.38. The first-order valence-electron chi connectivity index (χ1n) is 10.8. The molecule has 5 nitrogen and oxygen atoms in total. The average Bonchev–Trinajstić information content (AvgIpc) is 2.78. The zero-order valence-electron chi connectivity index (χ0n) is 17.8. The van der Waals surface area contributed by atoms with E-state index in [1.165, 1.54) is 11.1 Å². The molecule has 1 fully saturated rings. The first kappa shape index (κ1) is 20.8. The molecule has 0 spiro atoms. The first-order chi connectivity index (χ1) is 14.7. The van der Waals surface area contributed by atoms with Crippen LogP contribution in [-0.2, 0) is 17.7 Å². The van der Waals surface area contributed by atoms with Crippen LogP contribution in [-0.4, -0.2) is 37.2 Å². The van der Waals surface area contributed by atoms with E-state index in [9.17, 15) is 4.79 Å². The van der Waals surface area contributed by atoms with Crippen molar-refractivity contribution in [3.05, 3.63) is 81.7 Å². The molecule has 2 heterocycles. The summed E-state index contributed by atoms with van der Waals surface area (Å²) in [5.41, 5.74) is 3.81. The molecule has 1 saturated heterocycles. The first-order valence-corrected chi connectivity index (χ1v) is 10.8. The van der Waals surface area contributed by atoms with E-state index in [1.54, 1.807) is 6.07 Å². The van der Waals surface area contributed by atoms with E-state index in [2.05, 4.69) is 66.5 Å². The molecule has 0 bridgehead atoms. The number of hydrogen-bond acceptors (Lipinski definition) is 5. The maximum atomic E-state index is 12.1. The fraction of sp³-hybridized carbons (Fsp3) is 0.400. The minimum absolute atomic E-state index is 0.197. The maximum Gasteiger partial charge on any atom is 0.336 e. The third-order valence-electron chi connectivity index (χ3n) is 5.97. The predicted molar refractivity (Wildman–Crippen MR) is 120 cm³/mol. The predicted octanol–water partition coefficient (Wildman–Crippen LogP) is 3.91. The van der Waals surface area contributed by atoms with Crippen molar-refractivity contribution in [2.24, 2.45) is 0 Å². The van der Waals surface area contributed by atoms with Crippen molar-refractivity contribution in [2.75, 3.05) is 26.3 Å². The summed E-state index contributed by atoms with van der Waals surface area (Å²) < 4.78 is 11.0. The lowest BCUT2D eigenvalue weighted by molar-refractivity contribution is 0.00855. The van der Waals surface area contributed by atoms with Crippen molar-refractivity contribution in [2.45, 2.75) is 38.9 Å². The van der Waals surface area contributed by atoms with Crippen molar-refractivity contribution in [1.82, 2.24) is 10.2 Å². The summed E-state index contributed by atoms with van der Waals surface area (Å²) in [5, 5.41) is 4.67. The molecule has 1 aromatic heterocycles. The van der Waals surface area contributed by atoms with Crippen molar-refractivity contribution in [3.8, 4) is 0 Å². The van der Waals surface area contributed by atoms with Gasteiger partial charge in [0, 0.05) is 37.1 Å². The van der Waals surface area contributed by atoms with Crippen LogP contribution in [0, 0.1) is 0 Å². The average molecular weight is 407 g/mol. The van der Waals surface area contributed by atoms with Gasteiger partial charge in [0.15, 0.2) is 0 Å². The van der Waals surface area contributed by atoms with Crippen LogP contribution in [0.25, 0.3) is 11.0 Å². The molecular formula is C25H30N2O3. The van der Waals surface area contributed by atoms with Gasteiger partial charge >= 0.3 is 5.63 Å². The minimum Gasteiger partial charge on any atom is -0.423 e. The van der Waals surface area contributed by atoms with Crippen LogP contribution in [0.2, 0.25) is 0 Å². The van der Waals surface area contributed by atoms with E-state index in [4.69, 9.17) is 9.15 Å². The Kier molecular flexibility index (Phi) is 6.62. The molecule has 5 heteroatoms. The minimum atomic E-state index is -0.298. The Hall–Kier alpha value is -2.47. The van der Waals surface area contributed by atoms with Crippen molar-refractivity contribution < 1.29 is 9.15 Å². The van der Waals surface area contributed by atoms with Crippen LogP contribution in [0.15, 0.2) is 63.8 Å². The van der Waals surface area contributed by atoms with E-state index in [0.29, 0.717) is 12.1 Å². The molecule has 30 heavy (non-hydrogen) atoms. The van der Waals surface area contributed by atoms with Crippen LogP contribution in [0.1, 0.15) is 36.6 Å². The Bertz CT molecular complexity index is 1030. The number of nitrogens with one attached hydrogen (secondary N) is 1. The summed E-state index contributed by atoms with van der Waals surface area (Å²) >= 11 is 0. The Morgan fingerprint density at radius 1 is 1.07 bits per heavy atom. The van der Waals surface area contributed by atoms with Gasteiger partial charge in [0.05, 0.1) is 19.3 Å². The van der Waals surface area contributed by atoms with Gasteiger partial charge in [-0.1, -0.05) is 49.4 Å². The molecule has 0 radical (unpaired) electrons. The van der Waals surface area contributed by atoms with E-state index in [0.717, 1.165) is 43.7 Å². The van der Waals surface area contributed by atoms with Gasteiger partial charge < -0.3 is 14.5 Å². The topological polar surface area (TPSA) is 54.7 Å². The Labute approximate surface area is 177 Å². The van der Waals surface area contributed by atoms with Crippen molar-refractivity contribution in [3.63, 3.8) is 0 Å². The van der Waals surface area contributed by atoms with Crippen LogP contribution in [0.4, 0.5) is 0 Å². The van der Waals surface area contributed by atoms with Gasteiger partial charge in [-0.2, -0.15) is 0 Å². The summed E-state index contributed by atoms with van der Waals surface area (Å²) in [7, 11) is 0. The van der Waals surface area contributed by atoms with E-state index in [1.807, 2.05) is 6.07 Å². The fourth-order valence-corrected chi connectivity index (χ4v) is 4.34. The molecule has 3 aromatic rings. The van der Waals surface area contributed by atoms with Gasteiger partial charge in [-0.05, 0) is 36.1 Å². The van der Waals surface area contributed by atoms with Gasteiger partial charge in [-0.3, -0.25) is 4.90 Å². The molecule has 2 aromatic carbocycles. The third-order valence-corrected chi connectivity index (χ3v) is 5.97. The quantitative estimate of drug-likeness (QED) is 0.603. The highest BCUT2D eigenvalue weighted by Gasteiger charge is 2.27. The smallest absolute Gasteiger partial charge is 0.336 e. The van der Waals surface area contributed by atoms with Crippen molar-refractivity contribution >= 4 is 11.0 Å². The van der Waals surface area contributed by atoms with Crippen LogP contribution in [0.3, 0.4) is 0 Å². The van der Waals surface area contributed by atoms with Crippen molar-refractivity contribution in [1.29, 1.82) is 0 Å². The van der Waals surface area contributed by atoms with Crippen LogP contribution < -0.4 is 10.9 Å². The van der Waals surface area contributed by atoms with E-state index in [-0.39, 0.29) is 17.7 Å². The molecule has 158 valence electrons. The van der Waals surface area contributed by atoms with E-state index >= 15 is 0 Å². The maximum absolute atomic E-state index is 12.1. The molecule has 1 aliphatic heterocycles. The number of rotatable bonds is 7. The van der Waals surface area contributed by atoms with Gasteiger partial charge in [0.25, 0.3) is 0 Å². The molecule has 0 saturated carbocycles. The highest BCUT2D eigenvalue weighted by atomic mass is 16.5. The van der Waals surface area contributed by atoms with E-state index < -0.39 is 0 Å². The molecule has 0 aliphatic carbocycles. The zero-order valence-corrected chi connectivity index (χ0v) is 17.8. The molecular weight excluding hydrogens is 376 g/mol. The summed E-state index contributed by atoms with van der Waals surface area (Å²) in [6.45, 7) is 8.30. The molecule has 0 amide bonds. The van der Waals surface area contributed by atoms with Gasteiger partial charge in [-0.15, -0.1) is 0 Å². The molecule has 4 rings (SSSR count). The second-order valence-corrected chi connectivity index (χ2v) is 7.95. The van der Waals surface area contributed by atoms with Gasteiger partial charge in [-0.25, -0.2) is 4.79 Å². The summed E-state index contributed by atoms with van der Waals surface area (Å²) in [6.07, 6.45) is 0.914. The summed E-state index contributed by atoms with van der Waals surface area (Å²) in [6, 6.07) is 18.8. The number of nitrogens with zero attached hydrogens (tertiary/aromatic N) is 1. The Morgan fingerprint density at radius 2 is 1.83 bits per heavy atom. The monoisotopic (exact) mass is 406 g/mol. The normalized spacial score (nSPS) is 17.1. The SMILES string of the molecule is CCc1ccc2c(CN[C@@H](C)[C@H](c3ccccc3)N3CCOCC3)cc(=O)oc2c1. The number of aryl methyl sites for hydroxylation is 1. The second-order valence-electron chi connectivity index (χ2n) is 7.95. The van der Waals surface area contributed by atoms with Crippen LogP contribution in [0.5, 0.6) is 0 Å². The standard InChI is InChI=1S/C25H30N2O3/c1-3-19-9-10-22-21(16-24(28)30-23(22)15-19)17-26-18(2)25(20-7-5-4-6-8-20)27-11-13-29-14-12-27/h4-10,15-16,18,25-26H,3,11-14,17H2,1-2H3/t18-,25+/m0/s1. The molecule has 1 aliphatic rings. The number of hydrogen-bond donors (Lipinski definition) is 1. The third kappa shape index (κ3) is 4.64. The lowest BCUT2D eigenvalue weighted by atomic mass is 9.97. The summed E-state index contributed by atoms with van der Waals surface area (Å²) in [5.74, 6) is 0. The second kappa shape index (κ2) is 9.56. The number of benzene rings is 2. The van der Waals surface area contributed by atoms with Gasteiger partial charge in [0.1, 0.15) is 5.58 Å².